The van der Waals surface area contributed by atoms with Crippen LogP contribution in [-0.4, -0.2) is 5.54 Å². The van der Waals surface area contributed by atoms with E-state index in [0.717, 1.165) is 19.3 Å². The molecule has 0 aromatic heterocycles. The summed E-state index contributed by atoms with van der Waals surface area (Å²) in [4.78, 5) is 0. The van der Waals surface area contributed by atoms with Gasteiger partial charge in [-0.15, -0.1) is 0 Å². The van der Waals surface area contributed by atoms with Gasteiger partial charge in [0, 0.05) is 5.54 Å². The van der Waals surface area contributed by atoms with Crippen LogP contribution in [0.2, 0.25) is 0 Å². The van der Waals surface area contributed by atoms with Gasteiger partial charge in [-0.2, -0.15) is 0 Å². The van der Waals surface area contributed by atoms with Crippen molar-refractivity contribution in [3.8, 4) is 0 Å². The van der Waals surface area contributed by atoms with Crippen LogP contribution in [0.4, 0.5) is 0 Å². The third kappa shape index (κ3) is 1.98. The molecule has 59 valence electrons. The normalized spacial score (nSPS) is 24.6. The minimum Gasteiger partial charge on any atom is -0.251 e. The Kier molecular flexibility index (Phi) is 2.72. The van der Waals surface area contributed by atoms with Crippen LogP contribution in [0.5, 0.6) is 0 Å². The third-order valence-electron chi connectivity index (χ3n) is 2.54. The van der Waals surface area contributed by atoms with Crippen molar-refractivity contribution in [1.82, 2.24) is 5.73 Å². The lowest BCUT2D eigenvalue weighted by molar-refractivity contribution is 0.266. The highest BCUT2D eigenvalue weighted by Crippen LogP contribution is 2.30. The molecule has 1 nitrogen and oxygen atoms in total. The van der Waals surface area contributed by atoms with Gasteiger partial charge in [0.05, 0.1) is 0 Å². The van der Waals surface area contributed by atoms with Crippen molar-refractivity contribution in [1.29, 1.82) is 0 Å². The molecule has 1 fully saturated rings. The van der Waals surface area contributed by atoms with Crippen molar-refractivity contribution in [2.45, 2.75) is 57.4 Å². The fourth-order valence-electron chi connectivity index (χ4n) is 1.96. The molecule has 1 rings (SSSR count). The molecule has 1 radical (unpaired) electrons. The van der Waals surface area contributed by atoms with Gasteiger partial charge >= 0.3 is 0 Å². The van der Waals surface area contributed by atoms with Crippen LogP contribution in [0.1, 0.15) is 51.9 Å². The Morgan fingerprint density at radius 3 is 2.30 bits per heavy atom. The molecular formula is C9H18N. The first-order chi connectivity index (χ1) is 4.77. The molecule has 1 saturated carbocycles. The van der Waals surface area contributed by atoms with E-state index in [4.69, 9.17) is 5.73 Å². The fraction of sp³-hybridized carbons (Fsp3) is 1.00. The molecule has 0 saturated heterocycles. The van der Waals surface area contributed by atoms with Crippen molar-refractivity contribution in [3.05, 3.63) is 0 Å². The highest BCUT2D eigenvalue weighted by atomic mass is 14.7. The zero-order valence-corrected chi connectivity index (χ0v) is 6.95. The number of hydrogen-bond acceptors (Lipinski definition) is 0. The van der Waals surface area contributed by atoms with E-state index in [1.54, 1.807) is 0 Å². The van der Waals surface area contributed by atoms with Gasteiger partial charge in [0.25, 0.3) is 0 Å². The van der Waals surface area contributed by atoms with E-state index >= 15 is 0 Å². The highest BCUT2D eigenvalue weighted by molar-refractivity contribution is 4.85. The molecule has 1 aliphatic rings. The molecular weight excluding hydrogens is 122 g/mol. The minimum atomic E-state index is -0.0208. The first kappa shape index (κ1) is 8.06. The van der Waals surface area contributed by atoms with E-state index in [2.05, 4.69) is 6.92 Å². The van der Waals surface area contributed by atoms with Crippen LogP contribution >= 0.6 is 0 Å². The number of nitrogens with one attached hydrogen (secondary N) is 1. The smallest absolute Gasteiger partial charge is 0.0323 e. The zero-order chi connectivity index (χ0) is 7.45. The molecule has 0 bridgehead atoms. The molecule has 1 heteroatoms. The van der Waals surface area contributed by atoms with E-state index < -0.39 is 0 Å². The van der Waals surface area contributed by atoms with Crippen molar-refractivity contribution in [2.24, 2.45) is 0 Å². The molecule has 0 aliphatic heterocycles. The second kappa shape index (κ2) is 3.38. The molecule has 0 aromatic rings. The maximum atomic E-state index is 8.02. The average Bonchev–Trinajstić information content (AvgIpc) is 1.89. The van der Waals surface area contributed by atoms with Crippen molar-refractivity contribution >= 4 is 0 Å². The largest absolute Gasteiger partial charge is 0.251 e. The number of hydrogen-bond donors (Lipinski definition) is 0. The van der Waals surface area contributed by atoms with Gasteiger partial charge in [-0.1, -0.05) is 32.6 Å². The Hall–Kier alpha value is -0.0400. The topological polar surface area (TPSA) is 23.8 Å². The fourth-order valence-corrected chi connectivity index (χ4v) is 1.96. The van der Waals surface area contributed by atoms with Gasteiger partial charge in [-0.3, -0.25) is 5.73 Å². The van der Waals surface area contributed by atoms with Crippen LogP contribution in [0.3, 0.4) is 0 Å². The van der Waals surface area contributed by atoms with Crippen LogP contribution in [-0.2, 0) is 0 Å². The summed E-state index contributed by atoms with van der Waals surface area (Å²) < 4.78 is 0. The SMILES string of the molecule is CCCC1([NH])CCCCC1. The maximum Gasteiger partial charge on any atom is 0.0323 e. The quantitative estimate of drug-likeness (QED) is 0.563. The van der Waals surface area contributed by atoms with Gasteiger partial charge in [0.2, 0.25) is 0 Å². The van der Waals surface area contributed by atoms with E-state index in [1.807, 2.05) is 0 Å². The average molecular weight is 140 g/mol. The summed E-state index contributed by atoms with van der Waals surface area (Å²) in [6, 6.07) is 0. The Morgan fingerprint density at radius 1 is 1.20 bits per heavy atom. The summed E-state index contributed by atoms with van der Waals surface area (Å²) in [6.45, 7) is 2.19. The van der Waals surface area contributed by atoms with Crippen molar-refractivity contribution in [2.75, 3.05) is 0 Å². The second-order valence-electron chi connectivity index (χ2n) is 3.59. The van der Waals surface area contributed by atoms with E-state index in [0.29, 0.717) is 0 Å². The molecule has 1 aliphatic carbocycles. The predicted molar refractivity (Wildman–Crippen MR) is 43.8 cm³/mol. The first-order valence-electron chi connectivity index (χ1n) is 4.52. The van der Waals surface area contributed by atoms with Gasteiger partial charge < -0.3 is 0 Å². The first-order valence-corrected chi connectivity index (χ1v) is 4.52. The Morgan fingerprint density at radius 2 is 1.80 bits per heavy atom. The third-order valence-corrected chi connectivity index (χ3v) is 2.54. The van der Waals surface area contributed by atoms with E-state index in [-0.39, 0.29) is 5.54 Å². The predicted octanol–water partition coefficient (Wildman–Crippen LogP) is 2.77. The molecule has 0 amide bonds. The van der Waals surface area contributed by atoms with Crippen LogP contribution in [0, 0.1) is 0 Å². The molecule has 0 atom stereocenters. The lowest BCUT2D eigenvalue weighted by atomic mass is 9.80. The highest BCUT2D eigenvalue weighted by Gasteiger charge is 2.26. The Bertz CT molecular complexity index is 87.4. The van der Waals surface area contributed by atoms with E-state index in [1.165, 1.54) is 25.7 Å². The summed E-state index contributed by atoms with van der Waals surface area (Å²) in [5.41, 5.74) is 8.00. The molecule has 10 heavy (non-hydrogen) atoms. The summed E-state index contributed by atoms with van der Waals surface area (Å²) in [5.74, 6) is 0. The zero-order valence-electron chi connectivity index (χ0n) is 6.95. The Labute approximate surface area is 64.0 Å². The van der Waals surface area contributed by atoms with Crippen molar-refractivity contribution in [3.63, 3.8) is 0 Å². The molecule has 0 heterocycles. The van der Waals surface area contributed by atoms with Gasteiger partial charge in [-0.05, 0) is 19.3 Å². The minimum absolute atomic E-state index is 0.0208. The summed E-state index contributed by atoms with van der Waals surface area (Å²) in [5, 5.41) is 0. The lowest BCUT2D eigenvalue weighted by Crippen LogP contribution is -2.32. The van der Waals surface area contributed by atoms with Crippen LogP contribution < -0.4 is 5.73 Å². The Balaban J connectivity index is 2.32. The summed E-state index contributed by atoms with van der Waals surface area (Å²) in [7, 11) is 0. The molecule has 0 unspecified atom stereocenters. The van der Waals surface area contributed by atoms with Crippen LogP contribution in [0.25, 0.3) is 0 Å². The molecule has 1 N–H and O–H groups in total. The summed E-state index contributed by atoms with van der Waals surface area (Å²) >= 11 is 0. The van der Waals surface area contributed by atoms with Gasteiger partial charge in [0.1, 0.15) is 0 Å². The maximum absolute atomic E-state index is 8.02. The summed E-state index contributed by atoms with van der Waals surface area (Å²) in [6.07, 6.45) is 8.57. The standard InChI is InChI=1S/C9H18N/c1-2-6-9(10)7-4-3-5-8-9/h10H,2-8H2,1H3. The lowest BCUT2D eigenvalue weighted by Gasteiger charge is -2.31. The van der Waals surface area contributed by atoms with Crippen molar-refractivity contribution < 1.29 is 0 Å². The monoisotopic (exact) mass is 140 g/mol. The molecule has 0 spiro atoms. The second-order valence-corrected chi connectivity index (χ2v) is 3.59. The number of rotatable bonds is 2. The van der Waals surface area contributed by atoms with E-state index in [9.17, 15) is 0 Å². The van der Waals surface area contributed by atoms with Gasteiger partial charge in [-0.25, -0.2) is 0 Å². The van der Waals surface area contributed by atoms with Crippen LogP contribution in [0.15, 0.2) is 0 Å². The van der Waals surface area contributed by atoms with Gasteiger partial charge in [0.15, 0.2) is 0 Å². The molecule has 0 aromatic carbocycles.